The number of fused-ring (bicyclic) bond motifs is 2. The lowest BCUT2D eigenvalue weighted by Gasteiger charge is -2.55. The van der Waals surface area contributed by atoms with Crippen LogP contribution in [0.15, 0.2) is 48.5 Å². The van der Waals surface area contributed by atoms with E-state index in [-0.39, 0.29) is 43.4 Å². The molecule has 0 spiro atoms. The van der Waals surface area contributed by atoms with Gasteiger partial charge in [0, 0.05) is 32.8 Å². The minimum absolute atomic E-state index is 0.0946. The highest BCUT2D eigenvalue weighted by atomic mass is 16.7. The van der Waals surface area contributed by atoms with Crippen molar-refractivity contribution >= 4 is 12.2 Å². The minimum Gasteiger partial charge on any atom is -0.493 e. The smallest absolute Gasteiger partial charge is 0.188 e. The molecule has 48 heavy (non-hydrogen) atoms. The summed E-state index contributed by atoms with van der Waals surface area (Å²) >= 11 is 0. The molecule has 1 saturated carbocycles. The first-order chi connectivity index (χ1) is 23.1. The van der Waals surface area contributed by atoms with E-state index in [1.165, 1.54) is 0 Å². The Hall–Kier alpha value is -3.76. The lowest BCUT2D eigenvalue weighted by atomic mass is 9.57. The van der Waals surface area contributed by atoms with Crippen LogP contribution in [0.1, 0.15) is 61.4 Å². The van der Waals surface area contributed by atoms with Crippen molar-refractivity contribution in [3.8, 4) is 28.7 Å². The molecule has 1 N–H and O–H groups in total. The van der Waals surface area contributed by atoms with Gasteiger partial charge in [-0.1, -0.05) is 38.1 Å². The Morgan fingerprint density at radius 1 is 0.792 bits per heavy atom. The van der Waals surface area contributed by atoms with Gasteiger partial charge < -0.3 is 43.0 Å². The summed E-state index contributed by atoms with van der Waals surface area (Å²) in [7, 11) is 6.48. The molecule has 0 bridgehead atoms. The largest absolute Gasteiger partial charge is 0.493 e. The zero-order valence-electron chi connectivity index (χ0n) is 29.3. The molecule has 1 aliphatic heterocycles. The third kappa shape index (κ3) is 7.92. The highest BCUT2D eigenvalue weighted by Crippen LogP contribution is 2.55. The third-order valence-electron chi connectivity index (χ3n) is 9.77. The average Bonchev–Trinajstić information content (AvgIpc) is 3.08. The maximum Gasteiger partial charge on any atom is 0.188 e. The molecule has 2 aliphatic rings. The number of aliphatic hydroxyl groups is 1. The number of hydrogen-bond donors (Lipinski definition) is 1. The van der Waals surface area contributed by atoms with E-state index in [0.29, 0.717) is 23.7 Å². The van der Waals surface area contributed by atoms with Crippen molar-refractivity contribution in [2.24, 2.45) is 11.3 Å². The van der Waals surface area contributed by atoms with Crippen LogP contribution in [-0.2, 0) is 33.5 Å². The summed E-state index contributed by atoms with van der Waals surface area (Å²) in [4.78, 5) is 0. The lowest BCUT2D eigenvalue weighted by molar-refractivity contribution is -0.138. The van der Waals surface area contributed by atoms with Crippen molar-refractivity contribution in [3.05, 3.63) is 76.3 Å². The van der Waals surface area contributed by atoms with Gasteiger partial charge in [-0.05, 0) is 103 Å². The van der Waals surface area contributed by atoms with Crippen LogP contribution >= 0.6 is 0 Å². The summed E-state index contributed by atoms with van der Waals surface area (Å²) in [6.45, 7) is 6.86. The van der Waals surface area contributed by atoms with E-state index in [1.807, 2.05) is 42.5 Å². The average molecular weight is 663 g/mol. The molecule has 9 heteroatoms. The predicted molar refractivity (Wildman–Crippen MR) is 185 cm³/mol. The molecular formula is C39H50O9. The molecule has 3 atom stereocenters. The summed E-state index contributed by atoms with van der Waals surface area (Å²) in [5.41, 5.74) is 4.34. The molecule has 1 fully saturated rings. The first-order valence-electron chi connectivity index (χ1n) is 16.5. The maximum atomic E-state index is 10.9. The molecule has 5 rings (SSSR count). The molecule has 0 saturated heterocycles. The van der Waals surface area contributed by atoms with Crippen LogP contribution in [0.3, 0.4) is 0 Å². The van der Waals surface area contributed by atoms with Gasteiger partial charge in [-0.3, -0.25) is 0 Å². The highest BCUT2D eigenvalue weighted by molar-refractivity contribution is 5.74. The second-order valence-corrected chi connectivity index (χ2v) is 13.4. The quantitative estimate of drug-likeness (QED) is 0.135. The molecule has 1 heterocycles. The van der Waals surface area contributed by atoms with Crippen molar-refractivity contribution < 1.29 is 43.0 Å². The zero-order chi connectivity index (χ0) is 34.3. The van der Waals surface area contributed by atoms with Gasteiger partial charge in [-0.2, -0.15) is 0 Å². The standard InChI is InChI=1S/C39H50O9/c1-38(2)35-22-29-17-27(21-34(44-7)37(29)48-39(35,3)16-15-36(38)40)11-12-28-19-32(46-24-42-5)31(33(20-28)47-25-43-6)14-13-26-9-8-10-30(18-26)45-23-41-4/h8-12,17-21,35-36,40H,13-16,22-25H2,1-7H3/b12-11+/t35-,36-,39-/m1/s1. The van der Waals surface area contributed by atoms with Crippen molar-refractivity contribution in [2.75, 3.05) is 48.8 Å². The minimum atomic E-state index is -0.363. The van der Waals surface area contributed by atoms with Crippen LogP contribution in [0.2, 0.25) is 0 Å². The van der Waals surface area contributed by atoms with E-state index < -0.39 is 0 Å². The Morgan fingerprint density at radius 3 is 2.06 bits per heavy atom. The van der Waals surface area contributed by atoms with E-state index in [1.54, 1.807) is 28.4 Å². The first-order valence-corrected chi connectivity index (χ1v) is 16.5. The SMILES string of the molecule is COCOc1cccc(CCc2c(OCOC)cc(/C=C/c3cc4c(c(OC)c3)O[C@]3(C)CC[C@@H](O)C(C)(C)[C@H]3C4)cc2OCOC)c1. The predicted octanol–water partition coefficient (Wildman–Crippen LogP) is 7.09. The number of benzene rings is 3. The highest BCUT2D eigenvalue weighted by Gasteiger charge is 2.54. The van der Waals surface area contributed by atoms with E-state index >= 15 is 0 Å². The monoisotopic (exact) mass is 662 g/mol. The van der Waals surface area contributed by atoms with Gasteiger partial charge in [-0.25, -0.2) is 0 Å². The van der Waals surface area contributed by atoms with Gasteiger partial charge in [0.25, 0.3) is 0 Å². The van der Waals surface area contributed by atoms with Crippen molar-refractivity contribution in [1.29, 1.82) is 0 Å². The fourth-order valence-electron chi connectivity index (χ4n) is 7.11. The third-order valence-corrected chi connectivity index (χ3v) is 9.77. The van der Waals surface area contributed by atoms with E-state index in [9.17, 15) is 5.11 Å². The summed E-state index contributed by atoms with van der Waals surface area (Å²) in [6, 6.07) is 16.1. The molecule has 0 aromatic heterocycles. The number of methoxy groups -OCH3 is 4. The summed E-state index contributed by atoms with van der Waals surface area (Å²) < 4.78 is 46.0. The molecule has 3 aromatic rings. The van der Waals surface area contributed by atoms with Gasteiger partial charge in [0.2, 0.25) is 0 Å². The van der Waals surface area contributed by atoms with Crippen molar-refractivity contribution in [2.45, 2.75) is 64.6 Å². The van der Waals surface area contributed by atoms with Crippen LogP contribution in [0.25, 0.3) is 12.2 Å². The number of ether oxygens (including phenoxy) is 8. The van der Waals surface area contributed by atoms with E-state index in [2.05, 4.69) is 39.0 Å². The molecule has 1 aliphatic carbocycles. The number of rotatable bonds is 15. The summed E-state index contributed by atoms with van der Waals surface area (Å²) in [6.07, 6.45) is 7.44. The second kappa shape index (κ2) is 15.6. The van der Waals surface area contributed by atoms with Crippen LogP contribution < -0.4 is 23.7 Å². The topological polar surface area (TPSA) is 94.1 Å². The van der Waals surface area contributed by atoms with Gasteiger partial charge >= 0.3 is 0 Å². The van der Waals surface area contributed by atoms with Gasteiger partial charge in [0.1, 0.15) is 22.8 Å². The van der Waals surface area contributed by atoms with E-state index in [0.717, 1.165) is 65.0 Å². The number of hydrogen-bond acceptors (Lipinski definition) is 9. The van der Waals surface area contributed by atoms with Gasteiger partial charge in [0.05, 0.1) is 13.2 Å². The molecule has 0 unspecified atom stereocenters. The molecule has 9 nitrogen and oxygen atoms in total. The van der Waals surface area contributed by atoms with Crippen LogP contribution in [-0.4, -0.2) is 65.6 Å². The second-order valence-electron chi connectivity index (χ2n) is 13.4. The fourth-order valence-corrected chi connectivity index (χ4v) is 7.11. The summed E-state index contributed by atoms with van der Waals surface area (Å²) in [5.74, 6) is 3.76. The Morgan fingerprint density at radius 2 is 1.42 bits per heavy atom. The number of aliphatic hydroxyl groups excluding tert-OH is 1. The van der Waals surface area contributed by atoms with Crippen LogP contribution in [0.5, 0.6) is 28.7 Å². The molecular weight excluding hydrogens is 612 g/mol. The number of aryl methyl sites for hydroxylation is 1. The van der Waals surface area contributed by atoms with Crippen LogP contribution in [0.4, 0.5) is 0 Å². The Kier molecular flexibility index (Phi) is 11.6. The van der Waals surface area contributed by atoms with E-state index in [4.69, 9.17) is 37.9 Å². The zero-order valence-corrected chi connectivity index (χ0v) is 29.3. The molecule has 0 amide bonds. The van der Waals surface area contributed by atoms with Crippen LogP contribution in [0, 0.1) is 11.3 Å². The van der Waals surface area contributed by atoms with Gasteiger partial charge in [0.15, 0.2) is 31.9 Å². The summed E-state index contributed by atoms with van der Waals surface area (Å²) in [5, 5.41) is 10.9. The van der Waals surface area contributed by atoms with Crippen molar-refractivity contribution in [3.63, 3.8) is 0 Å². The Balaban J connectivity index is 1.44. The normalized spacial score (nSPS) is 21.2. The fraction of sp³-hybridized carbons (Fsp3) is 0.487. The first kappa shape index (κ1) is 35.5. The molecule has 0 radical (unpaired) electrons. The lowest BCUT2D eigenvalue weighted by Crippen LogP contribution is -2.58. The molecule has 3 aromatic carbocycles. The maximum absolute atomic E-state index is 10.9. The van der Waals surface area contributed by atoms with Gasteiger partial charge in [-0.15, -0.1) is 0 Å². The van der Waals surface area contributed by atoms with Crippen molar-refractivity contribution in [1.82, 2.24) is 0 Å². The Bertz CT molecular complexity index is 1540. The molecule has 260 valence electrons. The Labute approximate surface area is 284 Å².